The fourth-order valence-corrected chi connectivity index (χ4v) is 4.69. The van der Waals surface area contributed by atoms with Gasteiger partial charge in [0.2, 0.25) is 10.0 Å². The molecular formula is C16H20N4O3S2. The molecule has 0 unspecified atom stereocenters. The molecule has 0 radical (unpaired) electrons. The Labute approximate surface area is 151 Å². The normalized spacial score (nSPS) is 16.7. The molecule has 1 N–H and O–H groups in total. The molecule has 2 aromatic rings. The van der Waals surface area contributed by atoms with Crippen molar-refractivity contribution in [3.63, 3.8) is 0 Å². The summed E-state index contributed by atoms with van der Waals surface area (Å²) in [6.07, 6.45) is 1.68. The van der Waals surface area contributed by atoms with Gasteiger partial charge in [0.15, 0.2) is 5.13 Å². The Kier molecular flexibility index (Phi) is 5.19. The maximum absolute atomic E-state index is 12.8. The largest absolute Gasteiger partial charge is 0.304 e. The quantitative estimate of drug-likeness (QED) is 0.872. The molecule has 0 saturated carbocycles. The number of thiazole rings is 1. The highest BCUT2D eigenvalue weighted by atomic mass is 32.2. The first-order valence-corrected chi connectivity index (χ1v) is 10.1. The molecule has 1 amide bonds. The summed E-state index contributed by atoms with van der Waals surface area (Å²) in [5, 5.41) is 3.19. The molecule has 25 heavy (non-hydrogen) atoms. The summed E-state index contributed by atoms with van der Waals surface area (Å²) in [6.45, 7) is 4.20. The van der Waals surface area contributed by atoms with E-state index in [1.54, 1.807) is 18.3 Å². The predicted octanol–water partition coefficient (Wildman–Crippen LogP) is 1.64. The second-order valence-electron chi connectivity index (χ2n) is 5.97. The molecule has 2 heterocycles. The number of aromatic nitrogens is 1. The third kappa shape index (κ3) is 4.06. The second kappa shape index (κ2) is 7.20. The van der Waals surface area contributed by atoms with Crippen LogP contribution < -0.4 is 5.32 Å². The number of aryl methyl sites for hydroxylation is 1. The number of nitrogens with one attached hydrogen (secondary N) is 1. The zero-order valence-electron chi connectivity index (χ0n) is 14.1. The lowest BCUT2D eigenvalue weighted by atomic mass is 10.2. The molecule has 1 saturated heterocycles. The predicted molar refractivity (Wildman–Crippen MR) is 97.5 cm³/mol. The highest BCUT2D eigenvalue weighted by Gasteiger charge is 2.28. The first-order valence-electron chi connectivity index (χ1n) is 7.89. The topological polar surface area (TPSA) is 82.6 Å². The van der Waals surface area contributed by atoms with Gasteiger partial charge in [-0.2, -0.15) is 4.31 Å². The summed E-state index contributed by atoms with van der Waals surface area (Å²) in [4.78, 5) is 19.7. The highest BCUT2D eigenvalue weighted by molar-refractivity contribution is 7.89. The van der Waals surface area contributed by atoms with Gasteiger partial charge in [-0.15, -0.1) is 11.3 Å². The number of piperazine rings is 1. The number of likely N-dealkylation sites (N-methyl/N-ethyl adjacent to an activating group) is 1. The number of carbonyl (C=O) groups excluding carboxylic acids is 1. The van der Waals surface area contributed by atoms with Gasteiger partial charge >= 0.3 is 0 Å². The van der Waals surface area contributed by atoms with Gasteiger partial charge in [0, 0.05) is 42.8 Å². The van der Waals surface area contributed by atoms with Gasteiger partial charge < -0.3 is 4.90 Å². The Morgan fingerprint density at radius 1 is 1.24 bits per heavy atom. The van der Waals surface area contributed by atoms with Gasteiger partial charge in [0.05, 0.1) is 4.90 Å². The lowest BCUT2D eigenvalue weighted by Crippen LogP contribution is -2.47. The van der Waals surface area contributed by atoms with Gasteiger partial charge in [-0.3, -0.25) is 10.1 Å². The fraction of sp³-hybridized carbons (Fsp3) is 0.375. The monoisotopic (exact) mass is 380 g/mol. The molecular weight excluding hydrogens is 360 g/mol. The van der Waals surface area contributed by atoms with Crippen LogP contribution in [-0.2, 0) is 10.0 Å². The molecule has 1 aromatic heterocycles. The first-order chi connectivity index (χ1) is 11.9. The SMILES string of the molecule is Cc1cnc(NC(=O)c2cccc(S(=O)(=O)N3CCN(C)CC3)c2)s1. The van der Waals surface area contributed by atoms with Crippen LogP contribution >= 0.6 is 11.3 Å². The van der Waals surface area contributed by atoms with Crippen molar-refractivity contribution >= 4 is 32.4 Å². The van der Waals surface area contributed by atoms with Crippen LogP contribution in [0.15, 0.2) is 35.4 Å². The fourth-order valence-electron chi connectivity index (χ4n) is 2.56. The lowest BCUT2D eigenvalue weighted by Gasteiger charge is -2.31. The van der Waals surface area contributed by atoms with E-state index in [2.05, 4.69) is 15.2 Å². The second-order valence-corrected chi connectivity index (χ2v) is 9.14. The summed E-state index contributed by atoms with van der Waals surface area (Å²) in [5.41, 5.74) is 0.294. The number of hydrogen-bond acceptors (Lipinski definition) is 6. The van der Waals surface area contributed by atoms with Crippen LogP contribution in [0.5, 0.6) is 0 Å². The van der Waals surface area contributed by atoms with Crippen molar-refractivity contribution in [2.75, 3.05) is 38.5 Å². The molecule has 0 bridgehead atoms. The minimum Gasteiger partial charge on any atom is -0.304 e. The van der Waals surface area contributed by atoms with Crippen LogP contribution in [0.4, 0.5) is 5.13 Å². The van der Waals surface area contributed by atoms with Crippen LogP contribution in [-0.4, -0.2) is 61.7 Å². The number of amides is 1. The van der Waals surface area contributed by atoms with E-state index in [4.69, 9.17) is 0 Å². The summed E-state index contributed by atoms with van der Waals surface area (Å²) in [5.74, 6) is -0.371. The van der Waals surface area contributed by atoms with Gasteiger partial charge in [0.1, 0.15) is 0 Å². The van der Waals surface area contributed by atoms with Crippen molar-refractivity contribution in [1.82, 2.24) is 14.2 Å². The summed E-state index contributed by atoms with van der Waals surface area (Å²) >= 11 is 1.37. The van der Waals surface area contributed by atoms with Crippen LogP contribution in [0.3, 0.4) is 0 Å². The number of hydrogen-bond donors (Lipinski definition) is 1. The van der Waals surface area contributed by atoms with Crippen molar-refractivity contribution in [3.05, 3.63) is 40.9 Å². The number of benzene rings is 1. The van der Waals surface area contributed by atoms with Gasteiger partial charge in [-0.05, 0) is 32.2 Å². The van der Waals surface area contributed by atoms with Gasteiger partial charge in [0.25, 0.3) is 5.91 Å². The summed E-state index contributed by atoms with van der Waals surface area (Å²) < 4.78 is 27.1. The standard InChI is InChI=1S/C16H20N4O3S2/c1-12-11-17-16(24-12)18-15(21)13-4-3-5-14(10-13)25(22,23)20-8-6-19(2)7-9-20/h3-5,10-11H,6-9H2,1-2H3,(H,17,18,21). The highest BCUT2D eigenvalue weighted by Crippen LogP contribution is 2.21. The van der Waals surface area contributed by atoms with E-state index in [-0.39, 0.29) is 10.8 Å². The Bertz CT molecular complexity index is 871. The van der Waals surface area contributed by atoms with Gasteiger partial charge in [-0.25, -0.2) is 13.4 Å². The zero-order chi connectivity index (χ0) is 18.0. The molecule has 1 fully saturated rings. The third-order valence-electron chi connectivity index (χ3n) is 4.04. The van der Waals surface area contributed by atoms with E-state index in [0.29, 0.717) is 36.9 Å². The smallest absolute Gasteiger partial charge is 0.257 e. The molecule has 1 aliphatic heterocycles. The van der Waals surface area contributed by atoms with E-state index in [9.17, 15) is 13.2 Å². The lowest BCUT2D eigenvalue weighted by molar-refractivity contribution is 0.102. The Balaban J connectivity index is 1.79. The summed E-state index contributed by atoms with van der Waals surface area (Å²) in [6, 6.07) is 6.13. The van der Waals surface area contributed by atoms with E-state index >= 15 is 0 Å². The average molecular weight is 380 g/mol. The van der Waals surface area contributed by atoms with E-state index in [0.717, 1.165) is 4.88 Å². The zero-order valence-corrected chi connectivity index (χ0v) is 15.7. The number of carbonyl (C=O) groups is 1. The van der Waals surface area contributed by atoms with Crippen molar-refractivity contribution in [2.45, 2.75) is 11.8 Å². The van der Waals surface area contributed by atoms with Crippen molar-refractivity contribution in [3.8, 4) is 0 Å². The van der Waals surface area contributed by atoms with Crippen molar-refractivity contribution < 1.29 is 13.2 Å². The first kappa shape index (κ1) is 18.0. The minimum absolute atomic E-state index is 0.139. The molecule has 9 heteroatoms. The average Bonchev–Trinajstić information content (AvgIpc) is 3.00. The molecule has 134 valence electrons. The molecule has 3 rings (SSSR count). The van der Waals surface area contributed by atoms with E-state index in [1.807, 2.05) is 14.0 Å². The minimum atomic E-state index is -3.60. The Hall–Kier alpha value is -1.81. The third-order valence-corrected chi connectivity index (χ3v) is 6.76. The van der Waals surface area contributed by atoms with E-state index < -0.39 is 10.0 Å². The number of rotatable bonds is 4. The molecule has 7 nitrogen and oxygen atoms in total. The Morgan fingerprint density at radius 3 is 2.60 bits per heavy atom. The summed E-state index contributed by atoms with van der Waals surface area (Å²) in [7, 11) is -1.63. The van der Waals surface area contributed by atoms with E-state index in [1.165, 1.54) is 27.8 Å². The maximum Gasteiger partial charge on any atom is 0.257 e. The Morgan fingerprint density at radius 2 is 1.96 bits per heavy atom. The van der Waals surface area contributed by atoms with Gasteiger partial charge in [-0.1, -0.05) is 6.07 Å². The molecule has 1 aliphatic rings. The van der Waals surface area contributed by atoms with Crippen molar-refractivity contribution in [1.29, 1.82) is 0 Å². The van der Waals surface area contributed by atoms with Crippen molar-refractivity contribution in [2.24, 2.45) is 0 Å². The van der Waals surface area contributed by atoms with Crippen LogP contribution in [0, 0.1) is 6.92 Å². The molecule has 1 aromatic carbocycles. The number of sulfonamides is 1. The molecule has 0 spiro atoms. The van der Waals surface area contributed by atoms with Crippen LogP contribution in [0.2, 0.25) is 0 Å². The molecule has 0 aliphatic carbocycles. The molecule has 0 atom stereocenters. The van der Waals surface area contributed by atoms with Crippen LogP contribution in [0.25, 0.3) is 0 Å². The number of nitrogens with zero attached hydrogens (tertiary/aromatic N) is 3. The number of anilines is 1. The maximum atomic E-state index is 12.8. The van der Waals surface area contributed by atoms with Crippen LogP contribution in [0.1, 0.15) is 15.2 Å².